The van der Waals surface area contributed by atoms with Crippen molar-refractivity contribution in [3.8, 4) is 5.75 Å². The Hall–Kier alpha value is -1.70. The van der Waals surface area contributed by atoms with Crippen molar-refractivity contribution >= 4 is 15.8 Å². The van der Waals surface area contributed by atoms with Gasteiger partial charge in [-0.25, -0.2) is 8.42 Å². The number of halogens is 2. The molecule has 0 atom stereocenters. The Bertz CT molecular complexity index is 634. The zero-order valence-electron chi connectivity index (χ0n) is 11.6. The highest BCUT2D eigenvalue weighted by Crippen LogP contribution is 2.30. The second kappa shape index (κ2) is 6.20. The summed E-state index contributed by atoms with van der Waals surface area (Å²) in [7, 11) is -3.51. The van der Waals surface area contributed by atoms with Gasteiger partial charge in [0.05, 0.1) is 10.1 Å². The van der Waals surface area contributed by atoms with Crippen molar-refractivity contribution in [3.63, 3.8) is 0 Å². The average molecular weight is 333 g/mol. The van der Waals surface area contributed by atoms with Gasteiger partial charge in [-0.15, -0.1) is 0 Å². The monoisotopic (exact) mass is 333 g/mol. The minimum absolute atomic E-state index is 0.0171. The smallest absolute Gasteiger partial charge is 0.441 e. The molecule has 0 aliphatic heterocycles. The fourth-order valence-corrected chi connectivity index (χ4v) is 4.31. The van der Waals surface area contributed by atoms with E-state index in [2.05, 4.69) is 4.74 Å². The van der Waals surface area contributed by atoms with E-state index in [-0.39, 0.29) is 4.90 Å². The molecule has 0 heterocycles. The molecule has 5 nitrogen and oxygen atoms in total. The molecule has 0 aromatic heterocycles. The lowest BCUT2D eigenvalue weighted by Gasteiger charge is -2.22. The Balaban J connectivity index is 2.16. The van der Waals surface area contributed by atoms with E-state index >= 15 is 0 Å². The first-order valence-electron chi connectivity index (χ1n) is 6.86. The average Bonchev–Trinajstić information content (AvgIpc) is 2.48. The summed E-state index contributed by atoms with van der Waals surface area (Å²) in [4.78, 5) is 10.2. The number of sulfone groups is 1. The van der Waals surface area contributed by atoms with Gasteiger partial charge in [0.25, 0.3) is 0 Å². The lowest BCUT2D eigenvalue weighted by molar-refractivity contribution is -0.350. The van der Waals surface area contributed by atoms with Crippen LogP contribution < -0.4 is 9.84 Å². The maximum absolute atomic E-state index is 12.9. The minimum Gasteiger partial charge on any atom is -0.541 e. The largest absolute Gasteiger partial charge is 0.541 e. The first-order chi connectivity index (χ1) is 10.2. The number of alkyl halides is 2. The highest BCUT2D eigenvalue weighted by molar-refractivity contribution is 7.92. The lowest BCUT2D eigenvalue weighted by Crippen LogP contribution is -2.45. The number of hydrogen-bond donors (Lipinski definition) is 0. The molecule has 0 N–H and O–H groups in total. The molecule has 1 aliphatic carbocycles. The first-order valence-corrected chi connectivity index (χ1v) is 8.40. The number of ether oxygens (including phenoxy) is 1. The Kier molecular flexibility index (Phi) is 4.69. The van der Waals surface area contributed by atoms with Crippen molar-refractivity contribution in [1.82, 2.24) is 0 Å². The maximum Gasteiger partial charge on any atom is 0.441 e. The Morgan fingerprint density at radius 1 is 1.14 bits per heavy atom. The van der Waals surface area contributed by atoms with Gasteiger partial charge in [0.1, 0.15) is 5.75 Å². The van der Waals surface area contributed by atoms with Crippen molar-refractivity contribution in [1.29, 1.82) is 0 Å². The van der Waals surface area contributed by atoms with Crippen molar-refractivity contribution < 1.29 is 31.8 Å². The fraction of sp³-hybridized carbons (Fsp3) is 0.500. The standard InChI is InChI=1S/C14H16F2O5S/c15-14(16,13(17)18)21-10-6-8-12(9-7-10)22(19,20)11-4-2-1-3-5-11/h6-9,11H,1-5H2,(H,17,18)/p-1. The van der Waals surface area contributed by atoms with Crippen LogP contribution in [-0.2, 0) is 14.6 Å². The summed E-state index contributed by atoms with van der Waals surface area (Å²) in [5, 5.41) is 9.72. The quantitative estimate of drug-likeness (QED) is 0.816. The van der Waals surface area contributed by atoms with Crippen molar-refractivity contribution in [3.05, 3.63) is 24.3 Å². The van der Waals surface area contributed by atoms with E-state index in [1.807, 2.05) is 0 Å². The zero-order valence-corrected chi connectivity index (χ0v) is 12.4. The number of carboxylic acids is 1. The summed E-state index contributed by atoms with van der Waals surface area (Å²) in [6, 6.07) is 4.30. The Morgan fingerprint density at radius 3 is 2.18 bits per heavy atom. The van der Waals surface area contributed by atoms with Crippen LogP contribution >= 0.6 is 0 Å². The number of benzene rings is 1. The predicted octanol–water partition coefficient (Wildman–Crippen LogP) is 1.51. The SMILES string of the molecule is O=C([O-])C(F)(F)Oc1ccc(S(=O)(=O)C2CCCCC2)cc1. The summed E-state index contributed by atoms with van der Waals surface area (Å²) in [5.74, 6) is -3.11. The van der Waals surface area contributed by atoms with E-state index in [0.717, 1.165) is 43.5 Å². The third-order valence-corrected chi connectivity index (χ3v) is 5.91. The summed E-state index contributed by atoms with van der Waals surface area (Å²) < 4.78 is 54.5. The lowest BCUT2D eigenvalue weighted by atomic mass is 10.0. The van der Waals surface area contributed by atoms with Crippen LogP contribution in [0.2, 0.25) is 0 Å². The van der Waals surface area contributed by atoms with E-state index < -0.39 is 32.9 Å². The summed E-state index contributed by atoms with van der Waals surface area (Å²) in [6.07, 6.45) is -0.584. The van der Waals surface area contributed by atoms with Gasteiger partial charge in [0.15, 0.2) is 15.8 Å². The molecule has 0 spiro atoms. The minimum atomic E-state index is -4.47. The molecule has 1 aromatic carbocycles. The van der Waals surface area contributed by atoms with Crippen LogP contribution in [0, 0.1) is 0 Å². The van der Waals surface area contributed by atoms with E-state index in [0.29, 0.717) is 12.8 Å². The number of carboxylic acid groups (broad SMARTS) is 1. The van der Waals surface area contributed by atoms with Crippen LogP contribution in [0.25, 0.3) is 0 Å². The molecular weight excluding hydrogens is 318 g/mol. The molecule has 122 valence electrons. The van der Waals surface area contributed by atoms with Crippen molar-refractivity contribution in [2.45, 2.75) is 48.4 Å². The van der Waals surface area contributed by atoms with Gasteiger partial charge in [-0.3, -0.25) is 0 Å². The second-order valence-corrected chi connectivity index (χ2v) is 7.41. The van der Waals surface area contributed by atoms with Gasteiger partial charge >= 0.3 is 6.11 Å². The van der Waals surface area contributed by atoms with Crippen LogP contribution in [0.5, 0.6) is 5.75 Å². The van der Waals surface area contributed by atoms with Crippen LogP contribution in [0.15, 0.2) is 29.2 Å². The zero-order chi connectivity index (χ0) is 16.4. The van der Waals surface area contributed by atoms with Gasteiger partial charge in [-0.05, 0) is 37.1 Å². The third kappa shape index (κ3) is 3.55. The molecule has 1 fully saturated rings. The normalized spacial score (nSPS) is 17.2. The van der Waals surface area contributed by atoms with Crippen LogP contribution in [0.1, 0.15) is 32.1 Å². The highest BCUT2D eigenvalue weighted by Gasteiger charge is 2.34. The van der Waals surface area contributed by atoms with Gasteiger partial charge < -0.3 is 14.6 Å². The molecule has 0 amide bonds. The van der Waals surface area contributed by atoms with E-state index in [4.69, 9.17) is 0 Å². The molecule has 0 unspecified atom stereocenters. The molecule has 0 radical (unpaired) electrons. The third-order valence-electron chi connectivity index (χ3n) is 3.63. The van der Waals surface area contributed by atoms with Crippen molar-refractivity contribution in [2.24, 2.45) is 0 Å². The summed E-state index contributed by atoms with van der Waals surface area (Å²) in [5.41, 5.74) is 0. The Labute approximate surface area is 126 Å². The van der Waals surface area contributed by atoms with E-state index in [1.165, 1.54) is 0 Å². The van der Waals surface area contributed by atoms with Gasteiger partial charge in [-0.2, -0.15) is 8.78 Å². The van der Waals surface area contributed by atoms with E-state index in [9.17, 15) is 27.1 Å². The predicted molar refractivity (Wildman–Crippen MR) is 71.1 cm³/mol. The van der Waals surface area contributed by atoms with Crippen LogP contribution in [-0.4, -0.2) is 25.7 Å². The summed E-state index contributed by atoms with van der Waals surface area (Å²) in [6.45, 7) is 0. The number of carbonyl (C=O) groups is 1. The molecule has 1 aromatic rings. The number of carbonyl (C=O) groups excluding carboxylic acids is 1. The molecule has 0 saturated heterocycles. The molecule has 0 bridgehead atoms. The van der Waals surface area contributed by atoms with Crippen molar-refractivity contribution in [2.75, 3.05) is 0 Å². The topological polar surface area (TPSA) is 83.5 Å². The number of rotatable bonds is 5. The van der Waals surface area contributed by atoms with Gasteiger partial charge in [0.2, 0.25) is 0 Å². The summed E-state index contributed by atoms with van der Waals surface area (Å²) >= 11 is 0. The number of hydrogen-bond acceptors (Lipinski definition) is 5. The first kappa shape index (κ1) is 16.7. The fourth-order valence-electron chi connectivity index (χ4n) is 2.45. The van der Waals surface area contributed by atoms with Gasteiger partial charge in [-0.1, -0.05) is 19.3 Å². The molecule has 1 aliphatic rings. The second-order valence-electron chi connectivity index (χ2n) is 5.18. The van der Waals surface area contributed by atoms with Crippen LogP contribution in [0.3, 0.4) is 0 Å². The Morgan fingerprint density at radius 2 is 1.68 bits per heavy atom. The highest BCUT2D eigenvalue weighted by atomic mass is 32.2. The van der Waals surface area contributed by atoms with E-state index in [1.54, 1.807) is 0 Å². The molecule has 8 heteroatoms. The molecule has 2 rings (SSSR count). The molecule has 1 saturated carbocycles. The van der Waals surface area contributed by atoms with Crippen LogP contribution in [0.4, 0.5) is 8.78 Å². The van der Waals surface area contributed by atoms with Gasteiger partial charge in [0, 0.05) is 0 Å². The number of aliphatic carboxylic acids is 1. The molecular formula is C14H15F2O5S-. The molecule has 22 heavy (non-hydrogen) atoms. The maximum atomic E-state index is 12.9.